The third-order valence-corrected chi connectivity index (χ3v) is 3.14. The number of hydrogen-bond acceptors (Lipinski definition) is 6. The van der Waals surface area contributed by atoms with E-state index in [2.05, 4.69) is 4.99 Å². The Kier molecular flexibility index (Phi) is 6.58. The van der Waals surface area contributed by atoms with E-state index in [1.807, 2.05) is 18.2 Å². The molecule has 1 heterocycles. The van der Waals surface area contributed by atoms with Crippen molar-refractivity contribution in [3.63, 3.8) is 0 Å². The number of amides is 1. The molecule has 1 amide bonds. The molecule has 1 aromatic rings. The van der Waals surface area contributed by atoms with Crippen molar-refractivity contribution in [2.24, 2.45) is 10.7 Å². The molecule has 6 nitrogen and oxygen atoms in total. The molecule has 0 fully saturated rings. The van der Waals surface area contributed by atoms with E-state index in [0.717, 1.165) is 11.3 Å². The number of carbonyl (C=O) groups is 1. The van der Waals surface area contributed by atoms with E-state index in [9.17, 15) is 4.79 Å². The molecule has 3 N–H and O–H groups in total. The summed E-state index contributed by atoms with van der Waals surface area (Å²) < 4.78 is 10.2. The SMILES string of the molecule is COc1ccc(CC=N)cc1OC.NC1=NC(=O)CS1. The van der Waals surface area contributed by atoms with E-state index in [0.29, 0.717) is 23.1 Å². The number of amidine groups is 1. The number of aliphatic imine (C=N–C) groups is 1. The maximum Gasteiger partial charge on any atom is 0.258 e. The van der Waals surface area contributed by atoms with Crippen LogP contribution < -0.4 is 15.2 Å². The number of nitrogens with two attached hydrogens (primary N) is 1. The number of methoxy groups -OCH3 is 2. The standard InChI is InChI=1S/C10H13NO2.C3H4N2OS/c1-12-9-4-3-8(5-6-11)7-10(9)13-2;4-3-5-2(6)1-7-3/h3-4,6-7,11H,5H2,1-2H3;1H2,(H2,4,5,6). The summed E-state index contributed by atoms with van der Waals surface area (Å²) in [5.74, 6) is 1.73. The van der Waals surface area contributed by atoms with Crippen molar-refractivity contribution in [1.29, 1.82) is 5.41 Å². The minimum absolute atomic E-state index is 0.123. The summed E-state index contributed by atoms with van der Waals surface area (Å²) in [6.45, 7) is 0. The molecule has 0 aliphatic carbocycles. The Morgan fingerprint density at radius 3 is 2.50 bits per heavy atom. The molecular formula is C13H17N3O3S. The molecule has 0 atom stereocenters. The van der Waals surface area contributed by atoms with Crippen molar-refractivity contribution >= 4 is 29.1 Å². The normalized spacial score (nSPS) is 13.1. The first kappa shape index (κ1) is 16.0. The second-order valence-electron chi connectivity index (χ2n) is 3.73. The fourth-order valence-corrected chi connectivity index (χ4v) is 1.95. The van der Waals surface area contributed by atoms with Crippen LogP contribution in [0.3, 0.4) is 0 Å². The first-order chi connectivity index (χ1) is 9.60. The van der Waals surface area contributed by atoms with Crippen LogP contribution in [0.25, 0.3) is 0 Å². The molecule has 0 aromatic heterocycles. The molecule has 108 valence electrons. The number of hydrogen-bond donors (Lipinski definition) is 2. The average molecular weight is 295 g/mol. The Hall–Kier alpha value is -2.02. The Bertz CT molecular complexity index is 518. The summed E-state index contributed by atoms with van der Waals surface area (Å²) in [7, 11) is 3.21. The lowest BCUT2D eigenvalue weighted by Crippen LogP contribution is -2.01. The molecule has 0 spiro atoms. The molecular weight excluding hydrogens is 278 g/mol. The Morgan fingerprint density at radius 1 is 1.40 bits per heavy atom. The van der Waals surface area contributed by atoms with Gasteiger partial charge in [0.1, 0.15) is 0 Å². The number of nitrogens with one attached hydrogen (secondary N) is 1. The summed E-state index contributed by atoms with van der Waals surface area (Å²) in [5, 5.41) is 7.36. The van der Waals surface area contributed by atoms with Crippen LogP contribution in [0.2, 0.25) is 0 Å². The zero-order chi connectivity index (χ0) is 15.0. The number of carbonyl (C=O) groups excluding carboxylic acids is 1. The third-order valence-electron chi connectivity index (χ3n) is 2.36. The molecule has 1 aliphatic heterocycles. The van der Waals surface area contributed by atoms with Gasteiger partial charge in [-0.3, -0.25) is 4.79 Å². The minimum atomic E-state index is -0.123. The Balaban J connectivity index is 0.000000240. The van der Waals surface area contributed by atoms with Gasteiger partial charge >= 0.3 is 0 Å². The molecule has 2 rings (SSSR count). The molecule has 1 aliphatic rings. The highest BCUT2D eigenvalue weighted by molar-refractivity contribution is 8.14. The van der Waals surface area contributed by atoms with Gasteiger partial charge in [-0.15, -0.1) is 0 Å². The van der Waals surface area contributed by atoms with Crippen LogP contribution in [0, 0.1) is 5.41 Å². The fraction of sp³-hybridized carbons (Fsp3) is 0.308. The Morgan fingerprint density at radius 2 is 2.10 bits per heavy atom. The number of nitrogens with zero attached hydrogens (tertiary/aromatic N) is 1. The van der Waals surface area contributed by atoms with Crippen LogP contribution >= 0.6 is 11.8 Å². The molecule has 0 bridgehead atoms. The van der Waals surface area contributed by atoms with Crippen molar-refractivity contribution < 1.29 is 14.3 Å². The molecule has 7 heteroatoms. The van der Waals surface area contributed by atoms with E-state index < -0.39 is 0 Å². The monoisotopic (exact) mass is 295 g/mol. The van der Waals surface area contributed by atoms with Gasteiger partial charge < -0.3 is 20.6 Å². The van der Waals surface area contributed by atoms with E-state index in [-0.39, 0.29) is 5.91 Å². The van der Waals surface area contributed by atoms with Crippen molar-refractivity contribution in [3.8, 4) is 11.5 Å². The summed E-state index contributed by atoms with van der Waals surface area (Å²) in [6.07, 6.45) is 1.99. The first-order valence-electron chi connectivity index (χ1n) is 5.80. The zero-order valence-electron chi connectivity index (χ0n) is 11.4. The molecule has 1 aromatic carbocycles. The topological polar surface area (TPSA) is 97.8 Å². The summed E-state index contributed by atoms with van der Waals surface area (Å²) in [6, 6.07) is 5.65. The van der Waals surface area contributed by atoms with Crippen LogP contribution in [0.5, 0.6) is 11.5 Å². The quantitative estimate of drug-likeness (QED) is 0.820. The second kappa shape index (κ2) is 8.21. The number of benzene rings is 1. The van der Waals surface area contributed by atoms with Crippen LogP contribution in [0.15, 0.2) is 23.2 Å². The van der Waals surface area contributed by atoms with Crippen molar-refractivity contribution in [1.82, 2.24) is 0 Å². The highest BCUT2D eigenvalue weighted by atomic mass is 32.2. The number of thioether (sulfide) groups is 1. The smallest absolute Gasteiger partial charge is 0.258 e. The van der Waals surface area contributed by atoms with Crippen molar-refractivity contribution in [2.75, 3.05) is 20.0 Å². The van der Waals surface area contributed by atoms with Gasteiger partial charge in [0.2, 0.25) is 0 Å². The maximum absolute atomic E-state index is 10.2. The largest absolute Gasteiger partial charge is 0.493 e. The Labute approximate surface area is 121 Å². The zero-order valence-corrected chi connectivity index (χ0v) is 12.2. The van der Waals surface area contributed by atoms with E-state index >= 15 is 0 Å². The predicted molar refractivity (Wildman–Crippen MR) is 81.1 cm³/mol. The molecule has 0 saturated carbocycles. The van der Waals surface area contributed by atoms with Crippen LogP contribution in [-0.2, 0) is 11.2 Å². The summed E-state index contributed by atoms with van der Waals surface area (Å²) in [5.41, 5.74) is 6.17. The van der Waals surface area contributed by atoms with Crippen LogP contribution in [0.4, 0.5) is 0 Å². The summed E-state index contributed by atoms with van der Waals surface area (Å²) in [4.78, 5) is 13.6. The van der Waals surface area contributed by atoms with Gasteiger partial charge in [0.05, 0.1) is 20.0 Å². The van der Waals surface area contributed by atoms with Gasteiger partial charge in [0.15, 0.2) is 16.7 Å². The van der Waals surface area contributed by atoms with E-state index in [4.69, 9.17) is 20.6 Å². The number of ether oxygens (including phenoxy) is 2. The lowest BCUT2D eigenvalue weighted by Gasteiger charge is -2.08. The van der Waals surface area contributed by atoms with Gasteiger partial charge in [-0.25, -0.2) is 0 Å². The second-order valence-corrected chi connectivity index (χ2v) is 4.73. The number of rotatable bonds is 4. The lowest BCUT2D eigenvalue weighted by molar-refractivity contribution is -0.115. The van der Waals surface area contributed by atoms with Crippen molar-refractivity contribution in [2.45, 2.75) is 6.42 Å². The predicted octanol–water partition coefficient (Wildman–Crippen LogP) is 1.47. The average Bonchev–Trinajstić information content (AvgIpc) is 2.83. The third kappa shape index (κ3) is 4.93. The first-order valence-corrected chi connectivity index (χ1v) is 6.79. The summed E-state index contributed by atoms with van der Waals surface area (Å²) >= 11 is 1.28. The van der Waals surface area contributed by atoms with Gasteiger partial charge in [-0.1, -0.05) is 17.8 Å². The van der Waals surface area contributed by atoms with E-state index in [1.165, 1.54) is 18.0 Å². The van der Waals surface area contributed by atoms with Gasteiger partial charge in [0, 0.05) is 6.42 Å². The lowest BCUT2D eigenvalue weighted by atomic mass is 10.1. The molecule has 20 heavy (non-hydrogen) atoms. The molecule has 0 radical (unpaired) electrons. The van der Waals surface area contributed by atoms with Crippen LogP contribution in [-0.4, -0.2) is 37.3 Å². The molecule has 0 saturated heterocycles. The van der Waals surface area contributed by atoms with Gasteiger partial charge in [0.25, 0.3) is 5.91 Å². The minimum Gasteiger partial charge on any atom is -0.493 e. The van der Waals surface area contributed by atoms with Gasteiger partial charge in [-0.05, 0) is 23.9 Å². The van der Waals surface area contributed by atoms with E-state index in [1.54, 1.807) is 14.2 Å². The highest BCUT2D eigenvalue weighted by Gasteiger charge is 2.09. The highest BCUT2D eigenvalue weighted by Crippen LogP contribution is 2.27. The van der Waals surface area contributed by atoms with Crippen LogP contribution in [0.1, 0.15) is 5.56 Å². The maximum atomic E-state index is 10.2. The molecule has 0 unspecified atom stereocenters. The fourth-order valence-electron chi connectivity index (χ4n) is 1.45. The van der Waals surface area contributed by atoms with Gasteiger partial charge in [-0.2, -0.15) is 4.99 Å². The van der Waals surface area contributed by atoms with Crippen molar-refractivity contribution in [3.05, 3.63) is 23.8 Å².